The molecule has 1 aliphatic rings. The summed E-state index contributed by atoms with van der Waals surface area (Å²) in [7, 11) is 7.07. The van der Waals surface area contributed by atoms with Gasteiger partial charge >= 0.3 is 0 Å². The minimum atomic E-state index is 0.598. The lowest BCUT2D eigenvalue weighted by Crippen LogP contribution is -2.35. The summed E-state index contributed by atoms with van der Waals surface area (Å²) in [5, 5.41) is 3.53. The first kappa shape index (κ1) is 15.9. The van der Waals surface area contributed by atoms with Crippen molar-refractivity contribution in [2.45, 2.75) is 25.4 Å². The van der Waals surface area contributed by atoms with Gasteiger partial charge in [0.1, 0.15) is 0 Å². The van der Waals surface area contributed by atoms with Crippen molar-refractivity contribution in [3.63, 3.8) is 0 Å². The van der Waals surface area contributed by atoms with Crippen molar-refractivity contribution in [3.8, 4) is 17.2 Å². The fourth-order valence-corrected chi connectivity index (χ4v) is 2.93. The number of rotatable bonds is 7. The average molecular weight is 294 g/mol. The molecule has 0 aromatic heterocycles. The minimum absolute atomic E-state index is 0.598. The van der Waals surface area contributed by atoms with Crippen molar-refractivity contribution in [1.82, 2.24) is 10.2 Å². The number of nitrogens with zero attached hydrogens (tertiary/aromatic N) is 1. The highest BCUT2D eigenvalue weighted by Crippen LogP contribution is 2.40. The minimum Gasteiger partial charge on any atom is -0.493 e. The summed E-state index contributed by atoms with van der Waals surface area (Å²) in [4.78, 5) is 2.31. The van der Waals surface area contributed by atoms with Gasteiger partial charge in [-0.05, 0) is 32.5 Å². The summed E-state index contributed by atoms with van der Waals surface area (Å²) in [5.74, 6) is 2.10. The molecule has 1 fully saturated rings. The summed E-state index contributed by atoms with van der Waals surface area (Å²) >= 11 is 0. The Bertz CT molecular complexity index is 459. The molecule has 1 unspecified atom stereocenters. The molecule has 1 saturated heterocycles. The topological polar surface area (TPSA) is 43.0 Å². The van der Waals surface area contributed by atoms with Crippen molar-refractivity contribution in [2.24, 2.45) is 0 Å². The van der Waals surface area contributed by atoms with Crippen molar-refractivity contribution in [1.29, 1.82) is 0 Å². The second kappa shape index (κ2) is 7.52. The molecular formula is C16H26N2O3. The molecule has 21 heavy (non-hydrogen) atoms. The van der Waals surface area contributed by atoms with Crippen LogP contribution >= 0.6 is 0 Å². The van der Waals surface area contributed by atoms with E-state index in [2.05, 4.69) is 17.3 Å². The van der Waals surface area contributed by atoms with E-state index in [0.29, 0.717) is 17.5 Å². The molecule has 5 heteroatoms. The van der Waals surface area contributed by atoms with E-state index in [-0.39, 0.29) is 0 Å². The fraction of sp³-hybridized carbons (Fsp3) is 0.625. The maximum atomic E-state index is 5.53. The van der Waals surface area contributed by atoms with Gasteiger partial charge in [0.05, 0.1) is 21.3 Å². The molecule has 0 radical (unpaired) electrons. The van der Waals surface area contributed by atoms with E-state index in [4.69, 9.17) is 14.2 Å². The number of benzene rings is 1. The molecule has 0 saturated carbocycles. The SMILES string of the molecule is COc1ccc(CN(C)CC2CCCN2)c(OC)c1OC. The Morgan fingerprint density at radius 2 is 1.90 bits per heavy atom. The Hall–Kier alpha value is -1.46. The highest BCUT2D eigenvalue weighted by atomic mass is 16.5. The molecular weight excluding hydrogens is 268 g/mol. The molecule has 1 aromatic rings. The van der Waals surface area contributed by atoms with Crippen molar-refractivity contribution >= 4 is 0 Å². The third kappa shape index (κ3) is 3.80. The van der Waals surface area contributed by atoms with Crippen LogP contribution in [0.4, 0.5) is 0 Å². The molecule has 0 aliphatic carbocycles. The summed E-state index contributed by atoms with van der Waals surface area (Å²) in [6.45, 7) is 3.00. The molecule has 0 amide bonds. The standard InChI is InChI=1S/C16H26N2O3/c1-18(11-13-6-5-9-17-13)10-12-7-8-14(19-2)16(21-4)15(12)20-3/h7-8,13,17H,5-6,9-11H2,1-4H3. The lowest BCUT2D eigenvalue weighted by Gasteiger charge is -2.23. The Kier molecular flexibility index (Phi) is 5.70. The van der Waals surface area contributed by atoms with Gasteiger partial charge in [-0.25, -0.2) is 0 Å². The van der Waals surface area contributed by atoms with Crippen LogP contribution in [0.5, 0.6) is 17.2 Å². The van der Waals surface area contributed by atoms with Crippen LogP contribution < -0.4 is 19.5 Å². The fourth-order valence-electron chi connectivity index (χ4n) is 2.93. The van der Waals surface area contributed by atoms with Gasteiger partial charge in [0.2, 0.25) is 5.75 Å². The molecule has 1 N–H and O–H groups in total. The molecule has 2 rings (SSSR count). The Balaban J connectivity index is 2.11. The summed E-state index contributed by atoms with van der Waals surface area (Å²) < 4.78 is 16.3. The maximum Gasteiger partial charge on any atom is 0.203 e. The Morgan fingerprint density at radius 3 is 2.48 bits per heavy atom. The van der Waals surface area contributed by atoms with Gasteiger partial charge in [0.15, 0.2) is 11.5 Å². The monoisotopic (exact) mass is 294 g/mol. The normalized spacial score (nSPS) is 18.0. The summed E-state index contributed by atoms with van der Waals surface area (Å²) in [6.07, 6.45) is 2.53. The number of hydrogen-bond donors (Lipinski definition) is 1. The zero-order chi connectivity index (χ0) is 15.2. The Labute approximate surface area is 127 Å². The lowest BCUT2D eigenvalue weighted by molar-refractivity contribution is 0.281. The smallest absolute Gasteiger partial charge is 0.203 e. The first-order chi connectivity index (χ1) is 10.2. The number of nitrogens with one attached hydrogen (secondary N) is 1. The highest BCUT2D eigenvalue weighted by molar-refractivity contribution is 5.55. The quantitative estimate of drug-likeness (QED) is 0.832. The van der Waals surface area contributed by atoms with Gasteiger partial charge in [-0.3, -0.25) is 0 Å². The zero-order valence-corrected chi connectivity index (χ0v) is 13.4. The van der Waals surface area contributed by atoms with Crippen LogP contribution in [0.25, 0.3) is 0 Å². The van der Waals surface area contributed by atoms with Gasteiger partial charge in [0.25, 0.3) is 0 Å². The number of ether oxygens (including phenoxy) is 3. The van der Waals surface area contributed by atoms with E-state index in [1.54, 1.807) is 21.3 Å². The van der Waals surface area contributed by atoms with Crippen LogP contribution in [0.1, 0.15) is 18.4 Å². The van der Waals surface area contributed by atoms with Gasteiger partial charge < -0.3 is 24.4 Å². The van der Waals surface area contributed by atoms with Crippen molar-refractivity contribution in [2.75, 3.05) is 41.5 Å². The van der Waals surface area contributed by atoms with Gasteiger partial charge in [-0.15, -0.1) is 0 Å². The van der Waals surface area contributed by atoms with Crippen LogP contribution in [0, 0.1) is 0 Å². The van der Waals surface area contributed by atoms with Crippen LogP contribution in [-0.4, -0.2) is 52.4 Å². The number of likely N-dealkylation sites (N-methyl/N-ethyl adjacent to an activating group) is 1. The highest BCUT2D eigenvalue weighted by Gasteiger charge is 2.19. The molecule has 5 nitrogen and oxygen atoms in total. The average Bonchev–Trinajstić information content (AvgIpc) is 2.99. The van der Waals surface area contributed by atoms with Crippen LogP contribution in [0.3, 0.4) is 0 Å². The summed E-state index contributed by atoms with van der Waals surface area (Å²) in [6, 6.07) is 4.57. The van der Waals surface area contributed by atoms with E-state index in [1.807, 2.05) is 12.1 Å². The molecule has 1 atom stereocenters. The molecule has 0 spiro atoms. The van der Waals surface area contributed by atoms with Crippen LogP contribution in [-0.2, 0) is 6.54 Å². The van der Waals surface area contributed by atoms with Crippen molar-refractivity contribution < 1.29 is 14.2 Å². The molecule has 0 bridgehead atoms. The van der Waals surface area contributed by atoms with E-state index < -0.39 is 0 Å². The van der Waals surface area contributed by atoms with Gasteiger partial charge in [-0.1, -0.05) is 6.07 Å². The van der Waals surface area contributed by atoms with E-state index in [9.17, 15) is 0 Å². The number of methoxy groups -OCH3 is 3. The second-order valence-electron chi connectivity index (χ2n) is 5.48. The molecule has 1 aromatic carbocycles. The largest absolute Gasteiger partial charge is 0.493 e. The maximum absolute atomic E-state index is 5.53. The number of hydrogen-bond acceptors (Lipinski definition) is 5. The van der Waals surface area contributed by atoms with E-state index in [0.717, 1.165) is 30.9 Å². The van der Waals surface area contributed by atoms with Gasteiger partial charge in [0, 0.05) is 24.7 Å². The third-order valence-electron chi connectivity index (χ3n) is 3.92. The first-order valence-electron chi connectivity index (χ1n) is 7.39. The van der Waals surface area contributed by atoms with Crippen LogP contribution in [0.15, 0.2) is 12.1 Å². The molecule has 1 heterocycles. The molecule has 1 aliphatic heterocycles. The lowest BCUT2D eigenvalue weighted by atomic mass is 10.1. The van der Waals surface area contributed by atoms with Crippen molar-refractivity contribution in [3.05, 3.63) is 17.7 Å². The predicted octanol–water partition coefficient (Wildman–Crippen LogP) is 1.90. The molecule has 118 valence electrons. The van der Waals surface area contributed by atoms with Crippen LogP contribution in [0.2, 0.25) is 0 Å². The first-order valence-corrected chi connectivity index (χ1v) is 7.39. The Morgan fingerprint density at radius 1 is 1.14 bits per heavy atom. The second-order valence-corrected chi connectivity index (χ2v) is 5.48. The predicted molar refractivity (Wildman–Crippen MR) is 83.5 cm³/mol. The van der Waals surface area contributed by atoms with E-state index >= 15 is 0 Å². The zero-order valence-electron chi connectivity index (χ0n) is 13.4. The summed E-state index contributed by atoms with van der Waals surface area (Å²) in [5.41, 5.74) is 1.11. The van der Waals surface area contributed by atoms with E-state index in [1.165, 1.54) is 12.8 Å². The third-order valence-corrected chi connectivity index (χ3v) is 3.92. The van der Waals surface area contributed by atoms with Gasteiger partial charge in [-0.2, -0.15) is 0 Å².